The maximum atomic E-state index is 12.9. The molecule has 4 fully saturated rings. The molecule has 1 amide bonds. The molecule has 2 N–H and O–H groups in total. The average Bonchev–Trinajstić information content (AvgIpc) is 3.68. The quantitative estimate of drug-likeness (QED) is 0.287. The van der Waals surface area contributed by atoms with Crippen molar-refractivity contribution >= 4 is 23.0 Å². The van der Waals surface area contributed by atoms with Gasteiger partial charge in [-0.05, 0) is 24.0 Å². The minimum absolute atomic E-state index is 0.0635. The van der Waals surface area contributed by atoms with E-state index >= 15 is 0 Å². The fourth-order valence-electron chi connectivity index (χ4n) is 7.40. The number of amides is 1. The fraction of sp³-hybridized carbons (Fsp3) is 0.438. The summed E-state index contributed by atoms with van der Waals surface area (Å²) < 4.78 is 28.5. The summed E-state index contributed by atoms with van der Waals surface area (Å²) in [6.07, 6.45) is 2.41. The van der Waals surface area contributed by atoms with Crippen LogP contribution in [0.5, 0.6) is 0 Å². The number of aromatic nitrogens is 4. The molecule has 0 bridgehead atoms. The van der Waals surface area contributed by atoms with Gasteiger partial charge in [-0.2, -0.15) is 4.98 Å². The van der Waals surface area contributed by atoms with E-state index in [9.17, 15) is 9.59 Å². The van der Waals surface area contributed by atoms with Gasteiger partial charge in [0.2, 0.25) is 11.9 Å². The standard InChI is InChI=1S/C32H33N5O6/c1-19(2)26(38)35-29-34-25-22(27(39)36-29)33-18-37(25)28-23-24-31(43-28,17-40-15-20-9-5-3-6-10-20)30(13-14-30)32(24,42-23)41-16-21-11-7-4-8-12-21/h3-12,18-19,23-24,28H,13-17H2,1-2H3,(H2,34,35,36,38,39)/t23?,24?,28-,31-,32+/m1/s1. The number of carbonyl (C=O) groups excluding carboxylic acids is 1. The molecular formula is C32H33N5O6. The second-order valence-electron chi connectivity index (χ2n) is 12.3. The summed E-state index contributed by atoms with van der Waals surface area (Å²) in [5.41, 5.74) is 1.23. The van der Waals surface area contributed by atoms with Crippen LogP contribution in [0.2, 0.25) is 0 Å². The number of aromatic amines is 1. The number of carbonyl (C=O) groups is 1. The number of rotatable bonds is 10. The molecular weight excluding hydrogens is 550 g/mol. The van der Waals surface area contributed by atoms with Gasteiger partial charge in [0.15, 0.2) is 23.2 Å². The van der Waals surface area contributed by atoms with E-state index in [0.29, 0.717) is 25.5 Å². The largest absolute Gasteiger partial charge is 0.374 e. The van der Waals surface area contributed by atoms with Crippen molar-refractivity contribution in [1.29, 1.82) is 0 Å². The number of ether oxygens (including phenoxy) is 4. The molecule has 0 radical (unpaired) electrons. The van der Waals surface area contributed by atoms with Crippen molar-refractivity contribution in [2.24, 2.45) is 17.3 Å². The van der Waals surface area contributed by atoms with Gasteiger partial charge in [-0.3, -0.25) is 24.5 Å². The van der Waals surface area contributed by atoms with Crippen LogP contribution in [0.25, 0.3) is 11.2 Å². The van der Waals surface area contributed by atoms with E-state index in [1.54, 1.807) is 24.7 Å². The van der Waals surface area contributed by atoms with Gasteiger partial charge in [-0.15, -0.1) is 0 Å². The molecule has 1 spiro atoms. The van der Waals surface area contributed by atoms with Gasteiger partial charge in [0, 0.05) is 5.92 Å². The van der Waals surface area contributed by atoms with Crippen LogP contribution < -0.4 is 10.9 Å². The zero-order valence-corrected chi connectivity index (χ0v) is 24.0. The van der Waals surface area contributed by atoms with Gasteiger partial charge in [-0.1, -0.05) is 74.5 Å². The number of hydrogen-bond donors (Lipinski definition) is 2. The Kier molecular flexibility index (Phi) is 5.93. The Morgan fingerprint density at radius 3 is 2.44 bits per heavy atom. The third kappa shape index (κ3) is 3.75. The van der Waals surface area contributed by atoms with Crippen molar-refractivity contribution < 1.29 is 23.7 Å². The Hall–Kier alpha value is -3.90. The van der Waals surface area contributed by atoms with Crippen molar-refractivity contribution in [3.05, 3.63) is 88.5 Å². The Labute approximate surface area is 247 Å². The van der Waals surface area contributed by atoms with E-state index in [1.807, 2.05) is 60.7 Å². The van der Waals surface area contributed by atoms with Crippen molar-refractivity contribution in [2.75, 3.05) is 11.9 Å². The van der Waals surface area contributed by atoms with Gasteiger partial charge >= 0.3 is 0 Å². The summed E-state index contributed by atoms with van der Waals surface area (Å²) in [4.78, 5) is 36.8. The molecule has 2 aromatic carbocycles. The number of H-pyrrole nitrogens is 1. The number of imidazole rings is 1. The van der Waals surface area contributed by atoms with Crippen molar-refractivity contribution in [2.45, 2.75) is 63.6 Å². The van der Waals surface area contributed by atoms with Crippen LogP contribution in [0.1, 0.15) is 44.0 Å². The van der Waals surface area contributed by atoms with E-state index in [0.717, 1.165) is 24.0 Å². The molecule has 11 nitrogen and oxygen atoms in total. The third-order valence-corrected chi connectivity index (χ3v) is 9.59. The average molecular weight is 584 g/mol. The monoisotopic (exact) mass is 583 g/mol. The molecule has 11 heteroatoms. The smallest absolute Gasteiger partial charge is 0.280 e. The molecule has 222 valence electrons. The lowest BCUT2D eigenvalue weighted by molar-refractivity contribution is -0.495. The van der Waals surface area contributed by atoms with E-state index in [-0.39, 0.29) is 40.7 Å². The Morgan fingerprint density at radius 2 is 1.77 bits per heavy atom. The Morgan fingerprint density at radius 1 is 1.07 bits per heavy atom. The number of benzene rings is 2. The number of anilines is 1. The highest BCUT2D eigenvalue weighted by atomic mass is 16.8. The summed E-state index contributed by atoms with van der Waals surface area (Å²) in [5, 5.41) is 2.69. The van der Waals surface area contributed by atoms with Gasteiger partial charge in [0.05, 0.1) is 37.5 Å². The topological polar surface area (TPSA) is 130 Å². The molecule has 43 heavy (non-hydrogen) atoms. The van der Waals surface area contributed by atoms with E-state index in [1.165, 1.54) is 0 Å². The molecule has 5 atom stereocenters. The molecule has 2 aromatic heterocycles. The van der Waals surface area contributed by atoms with E-state index < -0.39 is 23.2 Å². The second-order valence-corrected chi connectivity index (χ2v) is 12.3. The third-order valence-electron chi connectivity index (χ3n) is 9.59. The molecule has 2 saturated carbocycles. The summed E-state index contributed by atoms with van der Waals surface area (Å²) in [6, 6.07) is 20.2. The summed E-state index contributed by atoms with van der Waals surface area (Å²) >= 11 is 0. The van der Waals surface area contributed by atoms with Gasteiger partial charge in [0.25, 0.3) is 5.56 Å². The first-order chi connectivity index (χ1) is 20.9. The highest BCUT2D eigenvalue weighted by Gasteiger charge is 2.97. The van der Waals surface area contributed by atoms with Crippen molar-refractivity contribution in [1.82, 2.24) is 19.5 Å². The lowest BCUT2D eigenvalue weighted by Crippen LogP contribution is -2.85. The molecule has 2 unspecified atom stereocenters. The van der Waals surface area contributed by atoms with Crippen LogP contribution in [0.15, 0.2) is 71.8 Å². The van der Waals surface area contributed by atoms with Crippen LogP contribution >= 0.6 is 0 Å². The van der Waals surface area contributed by atoms with Crippen molar-refractivity contribution in [3.8, 4) is 0 Å². The molecule has 2 aliphatic carbocycles. The predicted octanol–water partition coefficient (Wildman–Crippen LogP) is 3.92. The highest BCUT2D eigenvalue weighted by Crippen LogP contribution is 2.86. The summed E-state index contributed by atoms with van der Waals surface area (Å²) in [6.45, 7) is 4.82. The van der Waals surface area contributed by atoms with Crippen LogP contribution in [-0.2, 0) is 37.0 Å². The van der Waals surface area contributed by atoms with Gasteiger partial charge in [0.1, 0.15) is 11.7 Å². The SMILES string of the molecule is CC(C)C(=O)Nc1nc2c(ncn2[C@@H]2O[C@]3(COCc4ccccc4)C4C2O[C@]4(OCc2ccccc2)C32CC2)c(=O)[nH]1. The summed E-state index contributed by atoms with van der Waals surface area (Å²) in [5.74, 6) is -1.31. The van der Waals surface area contributed by atoms with Crippen molar-refractivity contribution in [3.63, 3.8) is 0 Å². The molecule has 8 rings (SSSR count). The van der Waals surface area contributed by atoms with Crippen LogP contribution in [-0.4, -0.2) is 49.5 Å². The lowest BCUT2D eigenvalue weighted by Gasteiger charge is -2.71. The first-order valence-electron chi connectivity index (χ1n) is 14.8. The minimum atomic E-state index is -0.768. The number of nitrogens with one attached hydrogen (secondary N) is 2. The highest BCUT2D eigenvalue weighted by molar-refractivity contribution is 5.91. The maximum absolute atomic E-state index is 12.9. The fourth-order valence-corrected chi connectivity index (χ4v) is 7.40. The normalized spacial score (nSPS) is 29.3. The Bertz CT molecular complexity index is 1750. The number of fused-ring (bicyclic) bond motifs is 3. The Balaban J connectivity index is 1.13. The first-order valence-corrected chi connectivity index (χ1v) is 14.8. The molecule has 4 heterocycles. The summed E-state index contributed by atoms with van der Waals surface area (Å²) in [7, 11) is 0. The number of hydrogen-bond acceptors (Lipinski definition) is 8. The van der Waals surface area contributed by atoms with Gasteiger partial charge < -0.3 is 18.9 Å². The molecule has 4 aromatic rings. The zero-order chi connectivity index (χ0) is 29.4. The van der Waals surface area contributed by atoms with Crippen LogP contribution in [0.4, 0.5) is 5.95 Å². The second kappa shape index (κ2) is 9.55. The number of nitrogens with zero attached hydrogens (tertiary/aromatic N) is 3. The van der Waals surface area contributed by atoms with E-state index in [2.05, 4.69) is 20.3 Å². The van der Waals surface area contributed by atoms with E-state index in [4.69, 9.17) is 18.9 Å². The molecule has 4 aliphatic rings. The molecule has 2 saturated heterocycles. The van der Waals surface area contributed by atoms with Gasteiger partial charge in [-0.25, -0.2) is 4.98 Å². The molecule has 2 aliphatic heterocycles. The zero-order valence-electron chi connectivity index (χ0n) is 24.0. The predicted molar refractivity (Wildman–Crippen MR) is 155 cm³/mol. The first kappa shape index (κ1) is 26.7. The van der Waals surface area contributed by atoms with Crippen LogP contribution in [0.3, 0.4) is 0 Å². The van der Waals surface area contributed by atoms with Crippen LogP contribution in [0, 0.1) is 17.3 Å². The minimum Gasteiger partial charge on any atom is -0.374 e. The maximum Gasteiger partial charge on any atom is 0.280 e. The lowest BCUT2D eigenvalue weighted by atomic mass is 9.49.